The van der Waals surface area contributed by atoms with Crippen molar-refractivity contribution in [3.8, 4) is 0 Å². The van der Waals surface area contributed by atoms with Gasteiger partial charge in [0.25, 0.3) is 5.56 Å². The highest BCUT2D eigenvalue weighted by Gasteiger charge is 2.04. The van der Waals surface area contributed by atoms with E-state index in [1.807, 2.05) is 19.1 Å². The summed E-state index contributed by atoms with van der Waals surface area (Å²) >= 11 is 0. The van der Waals surface area contributed by atoms with Crippen molar-refractivity contribution >= 4 is 0 Å². The summed E-state index contributed by atoms with van der Waals surface area (Å²) in [7, 11) is 0. The minimum atomic E-state index is 0.0686. The molecule has 1 unspecified atom stereocenters. The van der Waals surface area contributed by atoms with Crippen molar-refractivity contribution in [2.75, 3.05) is 0 Å². The first-order valence-corrected chi connectivity index (χ1v) is 5.06. The Labute approximate surface area is 84.6 Å². The molecule has 0 aliphatic heterocycles. The lowest BCUT2D eigenvalue weighted by Crippen LogP contribution is -2.32. The van der Waals surface area contributed by atoms with Gasteiger partial charge in [-0.05, 0) is 19.4 Å². The Hall–Kier alpha value is -1.09. The number of hydrogen-bond donors (Lipinski definition) is 1. The molecule has 0 bridgehead atoms. The van der Waals surface area contributed by atoms with Gasteiger partial charge in [-0.15, -0.1) is 0 Å². The van der Waals surface area contributed by atoms with Crippen molar-refractivity contribution < 1.29 is 0 Å². The molecule has 14 heavy (non-hydrogen) atoms. The smallest absolute Gasteiger partial charge is 0.253 e. The Morgan fingerprint density at radius 2 is 2.29 bits per heavy atom. The molecule has 3 nitrogen and oxygen atoms in total. The number of pyridine rings is 1. The van der Waals surface area contributed by atoms with Crippen LogP contribution in [0.15, 0.2) is 23.1 Å². The second kappa shape index (κ2) is 4.96. The van der Waals surface area contributed by atoms with Crippen LogP contribution in [0.2, 0.25) is 0 Å². The van der Waals surface area contributed by atoms with E-state index in [4.69, 9.17) is 5.73 Å². The van der Waals surface area contributed by atoms with Crippen molar-refractivity contribution in [3.63, 3.8) is 0 Å². The molecule has 1 aromatic rings. The third-order valence-electron chi connectivity index (χ3n) is 2.30. The van der Waals surface area contributed by atoms with Crippen LogP contribution in [0.3, 0.4) is 0 Å². The first-order valence-electron chi connectivity index (χ1n) is 5.06. The Morgan fingerprint density at radius 3 is 2.93 bits per heavy atom. The van der Waals surface area contributed by atoms with Gasteiger partial charge < -0.3 is 10.3 Å². The first-order chi connectivity index (χ1) is 6.65. The summed E-state index contributed by atoms with van der Waals surface area (Å²) in [5.74, 6) is 0. The number of aryl methyl sites for hydroxylation is 1. The molecule has 0 aliphatic rings. The molecule has 0 aromatic carbocycles. The highest BCUT2D eigenvalue weighted by molar-refractivity contribution is 5.07. The molecule has 1 heterocycles. The Balaban J connectivity index is 2.77. The minimum absolute atomic E-state index is 0.0686. The lowest BCUT2D eigenvalue weighted by Gasteiger charge is -2.12. The van der Waals surface area contributed by atoms with Crippen LogP contribution in [0.5, 0.6) is 0 Å². The average Bonchev–Trinajstić information content (AvgIpc) is 2.13. The Bertz CT molecular complexity index is 343. The zero-order chi connectivity index (χ0) is 10.6. The summed E-state index contributed by atoms with van der Waals surface area (Å²) < 4.78 is 1.69. The zero-order valence-corrected chi connectivity index (χ0v) is 8.86. The van der Waals surface area contributed by atoms with Crippen LogP contribution in [0.1, 0.15) is 25.3 Å². The highest BCUT2D eigenvalue weighted by atomic mass is 16.1. The molecule has 0 fully saturated rings. The average molecular weight is 194 g/mol. The molecule has 0 saturated carbocycles. The van der Waals surface area contributed by atoms with E-state index in [2.05, 4.69) is 6.92 Å². The quantitative estimate of drug-likeness (QED) is 0.785. The molecule has 0 aliphatic carbocycles. The molecule has 0 amide bonds. The van der Waals surface area contributed by atoms with Gasteiger partial charge in [-0.1, -0.05) is 19.4 Å². The lowest BCUT2D eigenvalue weighted by molar-refractivity contribution is 0.503. The van der Waals surface area contributed by atoms with E-state index < -0.39 is 0 Å². The van der Waals surface area contributed by atoms with Crippen LogP contribution >= 0.6 is 0 Å². The Morgan fingerprint density at radius 1 is 1.57 bits per heavy atom. The summed E-state index contributed by atoms with van der Waals surface area (Å²) in [6, 6.07) is 3.79. The molecule has 0 radical (unpaired) electrons. The normalized spacial score (nSPS) is 12.8. The van der Waals surface area contributed by atoms with E-state index in [0.29, 0.717) is 6.54 Å². The van der Waals surface area contributed by atoms with Gasteiger partial charge in [0.2, 0.25) is 0 Å². The fourth-order valence-corrected chi connectivity index (χ4v) is 1.52. The van der Waals surface area contributed by atoms with Gasteiger partial charge in [0.15, 0.2) is 0 Å². The summed E-state index contributed by atoms with van der Waals surface area (Å²) in [6.45, 7) is 4.54. The Kier molecular flexibility index (Phi) is 3.89. The summed E-state index contributed by atoms with van der Waals surface area (Å²) in [5.41, 5.74) is 6.72. The lowest BCUT2D eigenvalue weighted by atomic mass is 10.2. The maximum Gasteiger partial charge on any atom is 0.253 e. The minimum Gasteiger partial charge on any atom is -0.326 e. The van der Waals surface area contributed by atoms with Gasteiger partial charge >= 0.3 is 0 Å². The molecule has 1 atom stereocenters. The summed E-state index contributed by atoms with van der Waals surface area (Å²) in [4.78, 5) is 11.6. The van der Waals surface area contributed by atoms with E-state index in [1.165, 1.54) is 0 Å². The van der Waals surface area contributed by atoms with Crippen molar-refractivity contribution in [2.45, 2.75) is 39.3 Å². The van der Waals surface area contributed by atoms with Crippen LogP contribution in [-0.2, 0) is 6.54 Å². The largest absolute Gasteiger partial charge is 0.326 e. The zero-order valence-electron chi connectivity index (χ0n) is 8.86. The molecule has 1 aromatic heterocycles. The maximum atomic E-state index is 11.6. The predicted octanol–water partition coefficient (Wildman–Crippen LogP) is 1.28. The van der Waals surface area contributed by atoms with Gasteiger partial charge in [-0.2, -0.15) is 0 Å². The molecule has 0 saturated heterocycles. The predicted molar refractivity (Wildman–Crippen MR) is 58.3 cm³/mol. The van der Waals surface area contributed by atoms with Crippen molar-refractivity contribution in [2.24, 2.45) is 5.73 Å². The molecule has 1 rings (SSSR count). The van der Waals surface area contributed by atoms with Gasteiger partial charge in [0, 0.05) is 24.3 Å². The molecule has 2 N–H and O–H groups in total. The standard InChI is InChI=1S/C11H18N2O/c1-3-5-10(12)8-13-7-4-6-9(2)11(13)14/h4,6-7,10H,3,5,8,12H2,1-2H3. The third-order valence-corrected chi connectivity index (χ3v) is 2.30. The van der Waals surface area contributed by atoms with Gasteiger partial charge in [0.05, 0.1) is 0 Å². The topological polar surface area (TPSA) is 48.0 Å². The molecular formula is C11H18N2O. The van der Waals surface area contributed by atoms with Crippen LogP contribution in [0.25, 0.3) is 0 Å². The molecule has 78 valence electrons. The maximum absolute atomic E-state index is 11.6. The van der Waals surface area contributed by atoms with E-state index in [9.17, 15) is 4.79 Å². The molecule has 3 heteroatoms. The molecular weight excluding hydrogens is 176 g/mol. The fraction of sp³-hybridized carbons (Fsp3) is 0.545. The van der Waals surface area contributed by atoms with E-state index >= 15 is 0 Å². The second-order valence-corrected chi connectivity index (χ2v) is 3.70. The molecule has 0 spiro atoms. The SMILES string of the molecule is CCCC(N)Cn1cccc(C)c1=O. The fourth-order valence-electron chi connectivity index (χ4n) is 1.52. The van der Waals surface area contributed by atoms with E-state index in [0.717, 1.165) is 18.4 Å². The van der Waals surface area contributed by atoms with Gasteiger partial charge in [-0.3, -0.25) is 4.79 Å². The summed E-state index contributed by atoms with van der Waals surface area (Å²) in [6.07, 6.45) is 3.81. The van der Waals surface area contributed by atoms with Crippen LogP contribution in [-0.4, -0.2) is 10.6 Å². The number of nitrogens with zero attached hydrogens (tertiary/aromatic N) is 1. The van der Waals surface area contributed by atoms with Crippen LogP contribution in [0.4, 0.5) is 0 Å². The number of nitrogens with two attached hydrogens (primary N) is 1. The van der Waals surface area contributed by atoms with E-state index in [1.54, 1.807) is 10.8 Å². The monoisotopic (exact) mass is 194 g/mol. The van der Waals surface area contributed by atoms with Crippen molar-refractivity contribution in [1.29, 1.82) is 0 Å². The third kappa shape index (κ3) is 2.70. The second-order valence-electron chi connectivity index (χ2n) is 3.70. The van der Waals surface area contributed by atoms with Crippen LogP contribution in [0, 0.1) is 6.92 Å². The first kappa shape index (κ1) is 11.0. The number of hydrogen-bond acceptors (Lipinski definition) is 2. The van der Waals surface area contributed by atoms with Crippen molar-refractivity contribution in [3.05, 3.63) is 34.2 Å². The highest BCUT2D eigenvalue weighted by Crippen LogP contribution is 1.97. The van der Waals surface area contributed by atoms with Crippen molar-refractivity contribution in [1.82, 2.24) is 4.57 Å². The number of aromatic nitrogens is 1. The van der Waals surface area contributed by atoms with Gasteiger partial charge in [-0.25, -0.2) is 0 Å². The number of rotatable bonds is 4. The van der Waals surface area contributed by atoms with Gasteiger partial charge in [0.1, 0.15) is 0 Å². The summed E-state index contributed by atoms with van der Waals surface area (Å²) in [5, 5.41) is 0. The van der Waals surface area contributed by atoms with Crippen LogP contribution < -0.4 is 11.3 Å². The van der Waals surface area contributed by atoms with E-state index in [-0.39, 0.29) is 11.6 Å².